The first-order valence-electron chi connectivity index (χ1n) is 4.80. The Bertz CT molecular complexity index is 282. The van der Waals surface area contributed by atoms with Gasteiger partial charge in [-0.05, 0) is 20.8 Å². The van der Waals surface area contributed by atoms with Crippen LogP contribution in [0.2, 0.25) is 0 Å². The molecule has 0 amide bonds. The SMILES string of the molecule is CCOC(=O)C1=C(C)NC[C@H](C)N=C1. The molecule has 4 heteroatoms. The Morgan fingerprint density at radius 3 is 3.14 bits per heavy atom. The van der Waals surface area contributed by atoms with Crippen LogP contribution in [0.3, 0.4) is 0 Å². The normalized spacial score (nSPS) is 21.5. The van der Waals surface area contributed by atoms with E-state index in [1.807, 2.05) is 13.8 Å². The number of esters is 1. The van der Waals surface area contributed by atoms with Crippen LogP contribution in [-0.4, -0.2) is 31.4 Å². The Hall–Kier alpha value is -1.32. The minimum Gasteiger partial charge on any atom is -0.462 e. The molecule has 0 unspecified atom stereocenters. The third-order valence-electron chi connectivity index (χ3n) is 2.02. The van der Waals surface area contributed by atoms with Gasteiger partial charge in [0, 0.05) is 18.5 Å². The molecule has 0 fully saturated rings. The fraction of sp³-hybridized carbons (Fsp3) is 0.600. The molecule has 1 rings (SSSR count). The van der Waals surface area contributed by atoms with Gasteiger partial charge in [0.15, 0.2) is 0 Å². The van der Waals surface area contributed by atoms with E-state index in [1.165, 1.54) is 0 Å². The van der Waals surface area contributed by atoms with E-state index >= 15 is 0 Å². The molecular weight excluding hydrogens is 180 g/mol. The fourth-order valence-electron chi connectivity index (χ4n) is 1.16. The van der Waals surface area contributed by atoms with Crippen LogP contribution in [0.4, 0.5) is 0 Å². The zero-order valence-electron chi connectivity index (χ0n) is 8.83. The molecule has 78 valence electrons. The second kappa shape index (κ2) is 4.79. The molecule has 0 saturated heterocycles. The minimum absolute atomic E-state index is 0.192. The van der Waals surface area contributed by atoms with Crippen LogP contribution in [0.15, 0.2) is 16.3 Å². The molecule has 4 nitrogen and oxygen atoms in total. The van der Waals surface area contributed by atoms with E-state index in [-0.39, 0.29) is 12.0 Å². The molecule has 0 aliphatic carbocycles. The van der Waals surface area contributed by atoms with Crippen LogP contribution in [0.1, 0.15) is 20.8 Å². The van der Waals surface area contributed by atoms with Gasteiger partial charge in [0.2, 0.25) is 0 Å². The maximum Gasteiger partial charge on any atom is 0.341 e. The molecule has 1 aliphatic heterocycles. The quantitative estimate of drug-likeness (QED) is 0.667. The number of nitrogens with zero attached hydrogens (tertiary/aromatic N) is 1. The first-order chi connectivity index (χ1) is 6.65. The van der Waals surface area contributed by atoms with Gasteiger partial charge in [0.1, 0.15) is 0 Å². The highest BCUT2D eigenvalue weighted by molar-refractivity contribution is 6.10. The third-order valence-corrected chi connectivity index (χ3v) is 2.02. The molecule has 0 bridgehead atoms. The summed E-state index contributed by atoms with van der Waals surface area (Å²) in [6.45, 7) is 6.78. The summed E-state index contributed by atoms with van der Waals surface area (Å²) < 4.78 is 4.91. The summed E-state index contributed by atoms with van der Waals surface area (Å²) in [6, 6.07) is 0.192. The number of hydrogen-bond acceptors (Lipinski definition) is 4. The molecule has 1 heterocycles. The summed E-state index contributed by atoms with van der Waals surface area (Å²) in [5, 5.41) is 3.14. The molecule has 0 radical (unpaired) electrons. The fourth-order valence-corrected chi connectivity index (χ4v) is 1.16. The molecule has 0 aromatic carbocycles. The minimum atomic E-state index is -0.310. The monoisotopic (exact) mass is 196 g/mol. The van der Waals surface area contributed by atoms with Crippen molar-refractivity contribution in [2.75, 3.05) is 13.2 Å². The molecule has 0 saturated carbocycles. The highest BCUT2D eigenvalue weighted by atomic mass is 16.5. The van der Waals surface area contributed by atoms with Crippen molar-refractivity contribution in [3.05, 3.63) is 11.3 Å². The van der Waals surface area contributed by atoms with Crippen LogP contribution in [0.25, 0.3) is 0 Å². The van der Waals surface area contributed by atoms with Gasteiger partial charge in [0.05, 0.1) is 18.2 Å². The van der Waals surface area contributed by atoms with Gasteiger partial charge in [-0.1, -0.05) is 0 Å². The van der Waals surface area contributed by atoms with E-state index in [4.69, 9.17) is 4.74 Å². The molecule has 1 aliphatic rings. The number of carbonyl (C=O) groups is 1. The van der Waals surface area contributed by atoms with Crippen LogP contribution in [0.5, 0.6) is 0 Å². The largest absolute Gasteiger partial charge is 0.462 e. The van der Waals surface area contributed by atoms with Crippen molar-refractivity contribution in [3.8, 4) is 0 Å². The summed E-state index contributed by atoms with van der Waals surface area (Å²) >= 11 is 0. The first-order valence-corrected chi connectivity index (χ1v) is 4.80. The summed E-state index contributed by atoms with van der Waals surface area (Å²) in [6.07, 6.45) is 1.60. The maximum absolute atomic E-state index is 11.5. The number of aliphatic imine (C=N–C) groups is 1. The molecular formula is C10H16N2O2. The molecule has 0 aromatic rings. The summed E-state index contributed by atoms with van der Waals surface area (Å²) in [4.78, 5) is 15.7. The summed E-state index contributed by atoms with van der Waals surface area (Å²) in [5.74, 6) is -0.310. The average molecular weight is 196 g/mol. The number of nitrogens with one attached hydrogen (secondary N) is 1. The highest BCUT2D eigenvalue weighted by Gasteiger charge is 2.15. The molecule has 14 heavy (non-hydrogen) atoms. The number of rotatable bonds is 2. The zero-order valence-corrected chi connectivity index (χ0v) is 8.83. The number of allylic oxidation sites excluding steroid dienone is 1. The van der Waals surface area contributed by atoms with Crippen molar-refractivity contribution >= 4 is 12.2 Å². The number of carbonyl (C=O) groups excluding carboxylic acids is 1. The van der Waals surface area contributed by atoms with E-state index < -0.39 is 0 Å². The maximum atomic E-state index is 11.5. The smallest absolute Gasteiger partial charge is 0.341 e. The predicted molar refractivity (Wildman–Crippen MR) is 55.3 cm³/mol. The third kappa shape index (κ3) is 2.58. The molecule has 0 spiro atoms. The Morgan fingerprint density at radius 1 is 1.79 bits per heavy atom. The van der Waals surface area contributed by atoms with Crippen LogP contribution in [0, 0.1) is 0 Å². The van der Waals surface area contributed by atoms with E-state index in [0.717, 1.165) is 12.2 Å². The second-order valence-corrected chi connectivity index (χ2v) is 3.27. The first kappa shape index (κ1) is 10.8. The topological polar surface area (TPSA) is 50.7 Å². The van der Waals surface area contributed by atoms with Crippen molar-refractivity contribution in [1.29, 1.82) is 0 Å². The lowest BCUT2D eigenvalue weighted by molar-refractivity contribution is -0.137. The summed E-state index contributed by atoms with van der Waals surface area (Å²) in [5.41, 5.74) is 1.35. The van der Waals surface area contributed by atoms with Crippen LogP contribution >= 0.6 is 0 Å². The van der Waals surface area contributed by atoms with Crippen molar-refractivity contribution < 1.29 is 9.53 Å². The number of hydrogen-bond donors (Lipinski definition) is 1. The van der Waals surface area contributed by atoms with Crippen molar-refractivity contribution in [2.45, 2.75) is 26.8 Å². The highest BCUT2D eigenvalue weighted by Crippen LogP contribution is 2.06. The van der Waals surface area contributed by atoms with E-state index in [9.17, 15) is 4.79 Å². The predicted octanol–water partition coefficient (Wildman–Crippen LogP) is 0.886. The van der Waals surface area contributed by atoms with Gasteiger partial charge in [-0.3, -0.25) is 4.99 Å². The van der Waals surface area contributed by atoms with Gasteiger partial charge < -0.3 is 10.1 Å². The van der Waals surface area contributed by atoms with Crippen molar-refractivity contribution in [2.24, 2.45) is 4.99 Å². The van der Waals surface area contributed by atoms with Gasteiger partial charge >= 0.3 is 5.97 Å². The van der Waals surface area contributed by atoms with Crippen molar-refractivity contribution in [3.63, 3.8) is 0 Å². The van der Waals surface area contributed by atoms with Gasteiger partial charge in [-0.25, -0.2) is 4.79 Å². The van der Waals surface area contributed by atoms with E-state index in [0.29, 0.717) is 12.2 Å². The molecule has 0 aromatic heterocycles. The Kier molecular flexibility index (Phi) is 3.68. The standard InChI is InChI=1S/C10H16N2O2/c1-4-14-10(13)9-6-11-7(2)5-12-8(9)3/h6-7,12H,4-5H2,1-3H3/t7-/m0/s1. The van der Waals surface area contributed by atoms with Crippen LogP contribution < -0.4 is 5.32 Å². The van der Waals surface area contributed by atoms with E-state index in [1.54, 1.807) is 13.1 Å². The summed E-state index contributed by atoms with van der Waals surface area (Å²) in [7, 11) is 0. The number of ether oxygens (including phenoxy) is 1. The van der Waals surface area contributed by atoms with E-state index in [2.05, 4.69) is 10.3 Å². The Labute approximate surface area is 84.0 Å². The lowest BCUT2D eigenvalue weighted by Gasteiger charge is -2.07. The zero-order chi connectivity index (χ0) is 10.6. The van der Waals surface area contributed by atoms with Crippen LogP contribution in [-0.2, 0) is 9.53 Å². The lowest BCUT2D eigenvalue weighted by Crippen LogP contribution is -2.21. The Morgan fingerprint density at radius 2 is 2.50 bits per heavy atom. The van der Waals surface area contributed by atoms with Crippen molar-refractivity contribution in [1.82, 2.24) is 5.32 Å². The lowest BCUT2D eigenvalue weighted by atomic mass is 10.2. The van der Waals surface area contributed by atoms with Gasteiger partial charge in [0.25, 0.3) is 0 Å². The Balaban J connectivity index is 2.81. The molecule has 1 atom stereocenters. The second-order valence-electron chi connectivity index (χ2n) is 3.27. The average Bonchev–Trinajstić information content (AvgIpc) is 2.30. The van der Waals surface area contributed by atoms with Gasteiger partial charge in [-0.15, -0.1) is 0 Å². The molecule has 1 N–H and O–H groups in total. The van der Waals surface area contributed by atoms with Gasteiger partial charge in [-0.2, -0.15) is 0 Å².